The van der Waals surface area contributed by atoms with Crippen LogP contribution in [0.25, 0.3) is 0 Å². The van der Waals surface area contributed by atoms with Crippen molar-refractivity contribution in [1.82, 2.24) is 9.97 Å². The molecule has 1 fully saturated rings. The van der Waals surface area contributed by atoms with E-state index in [0.29, 0.717) is 18.7 Å². The number of carbonyl (C=O) groups is 1. The van der Waals surface area contributed by atoms with Crippen molar-refractivity contribution in [2.75, 3.05) is 11.9 Å². The van der Waals surface area contributed by atoms with E-state index in [2.05, 4.69) is 15.3 Å². The third-order valence-electron chi connectivity index (χ3n) is 4.82. The van der Waals surface area contributed by atoms with E-state index < -0.39 is 11.0 Å². The maximum Gasteiger partial charge on any atom is 0.245 e. The second-order valence-electron chi connectivity index (χ2n) is 7.84. The summed E-state index contributed by atoms with van der Waals surface area (Å²) in [5.74, 6) is 0.518. The molecule has 1 aromatic rings. The first kappa shape index (κ1) is 20.8. The second-order valence-corrected chi connectivity index (χ2v) is 7.84. The number of nitrogens with zero attached hydrogens (tertiary/aromatic N) is 2. The Balaban J connectivity index is 0.00000288. The Hall–Kier alpha value is -1.24. The van der Waals surface area contributed by atoms with E-state index in [1.807, 2.05) is 41.5 Å². The molecule has 0 radical (unpaired) electrons. The minimum absolute atomic E-state index is 0. The van der Waals surface area contributed by atoms with Gasteiger partial charge in [-0.05, 0) is 6.92 Å². The summed E-state index contributed by atoms with van der Waals surface area (Å²) in [7, 11) is 0. The molecule has 1 aromatic heterocycles. The van der Waals surface area contributed by atoms with Crippen molar-refractivity contribution in [1.29, 1.82) is 0 Å². The van der Waals surface area contributed by atoms with Crippen molar-refractivity contribution >= 4 is 24.0 Å². The molecule has 1 saturated carbocycles. The molecule has 136 valence electrons. The standard InChI is InChI=1S/C17H28N4O2.ClH/c1-7-23-12-8-17(18,16(12,5)6)14(22)21-11-9-19-13(20-10-11)15(2,3)4;/h9-10,12H,7-8,18H2,1-6H3,(H,21,22);1H. The van der Waals surface area contributed by atoms with Gasteiger partial charge in [0.25, 0.3) is 0 Å². The third kappa shape index (κ3) is 3.55. The fraction of sp³-hybridized carbons (Fsp3) is 0.706. The summed E-state index contributed by atoms with van der Waals surface area (Å²) < 4.78 is 5.66. The van der Waals surface area contributed by atoms with Crippen LogP contribution in [0.3, 0.4) is 0 Å². The summed E-state index contributed by atoms with van der Waals surface area (Å²) in [6.45, 7) is 12.6. The van der Waals surface area contributed by atoms with E-state index in [9.17, 15) is 4.79 Å². The van der Waals surface area contributed by atoms with Gasteiger partial charge in [-0.25, -0.2) is 9.97 Å². The summed E-state index contributed by atoms with van der Waals surface area (Å²) >= 11 is 0. The molecule has 2 atom stereocenters. The Labute approximate surface area is 150 Å². The molecular formula is C17H29ClN4O2. The van der Waals surface area contributed by atoms with E-state index in [-0.39, 0.29) is 29.8 Å². The highest BCUT2D eigenvalue weighted by Crippen LogP contribution is 2.50. The molecule has 0 spiro atoms. The number of anilines is 1. The molecule has 6 nitrogen and oxygen atoms in total. The van der Waals surface area contributed by atoms with Crippen LogP contribution in [-0.2, 0) is 14.9 Å². The first-order chi connectivity index (χ1) is 10.5. The molecule has 24 heavy (non-hydrogen) atoms. The van der Waals surface area contributed by atoms with Gasteiger partial charge in [0.05, 0.1) is 24.2 Å². The number of ether oxygens (including phenoxy) is 1. The predicted octanol–water partition coefficient (Wildman–Crippen LogP) is 2.67. The lowest BCUT2D eigenvalue weighted by atomic mass is 9.54. The Bertz CT molecular complexity index is 583. The predicted molar refractivity (Wildman–Crippen MR) is 97.3 cm³/mol. The Morgan fingerprint density at radius 3 is 2.33 bits per heavy atom. The van der Waals surface area contributed by atoms with Gasteiger partial charge in [-0.3, -0.25) is 4.79 Å². The number of hydrogen-bond acceptors (Lipinski definition) is 5. The number of nitrogens with one attached hydrogen (secondary N) is 1. The summed E-state index contributed by atoms with van der Waals surface area (Å²) in [6, 6.07) is 0. The van der Waals surface area contributed by atoms with Crippen LogP contribution < -0.4 is 11.1 Å². The number of halogens is 1. The van der Waals surface area contributed by atoms with Gasteiger partial charge < -0.3 is 15.8 Å². The van der Waals surface area contributed by atoms with E-state index in [0.717, 1.165) is 5.82 Å². The normalized spacial score (nSPS) is 25.4. The van der Waals surface area contributed by atoms with Crippen LogP contribution >= 0.6 is 12.4 Å². The van der Waals surface area contributed by atoms with Gasteiger partial charge in [0.2, 0.25) is 5.91 Å². The molecule has 0 bridgehead atoms. The molecule has 1 aliphatic rings. The van der Waals surface area contributed by atoms with Crippen LogP contribution in [0.1, 0.15) is 53.8 Å². The van der Waals surface area contributed by atoms with E-state index in [1.165, 1.54) is 0 Å². The summed E-state index contributed by atoms with van der Waals surface area (Å²) in [4.78, 5) is 21.3. The van der Waals surface area contributed by atoms with Crippen molar-refractivity contribution < 1.29 is 9.53 Å². The van der Waals surface area contributed by atoms with Gasteiger partial charge in [0.1, 0.15) is 11.4 Å². The van der Waals surface area contributed by atoms with Crippen LogP contribution in [-0.4, -0.2) is 34.1 Å². The van der Waals surface area contributed by atoms with Crippen molar-refractivity contribution in [3.8, 4) is 0 Å². The average molecular weight is 357 g/mol. The van der Waals surface area contributed by atoms with E-state index in [4.69, 9.17) is 10.5 Å². The molecule has 2 unspecified atom stereocenters. The smallest absolute Gasteiger partial charge is 0.245 e. The SMILES string of the molecule is CCOC1CC(N)(C(=O)Nc2cnc(C(C)(C)C)nc2)C1(C)C.Cl. The number of hydrogen-bond donors (Lipinski definition) is 2. The number of amides is 1. The topological polar surface area (TPSA) is 90.1 Å². The summed E-state index contributed by atoms with van der Waals surface area (Å²) in [5.41, 5.74) is 5.42. The van der Waals surface area contributed by atoms with Crippen LogP contribution in [0.5, 0.6) is 0 Å². The first-order valence-electron chi connectivity index (χ1n) is 8.07. The zero-order valence-corrected chi connectivity index (χ0v) is 16.2. The van der Waals surface area contributed by atoms with Crippen LogP contribution in [0.15, 0.2) is 12.4 Å². The molecule has 1 aliphatic carbocycles. The lowest BCUT2D eigenvalue weighted by molar-refractivity contribution is -0.166. The molecule has 1 heterocycles. The Morgan fingerprint density at radius 1 is 1.38 bits per heavy atom. The lowest BCUT2D eigenvalue weighted by Crippen LogP contribution is -2.74. The first-order valence-corrected chi connectivity index (χ1v) is 8.07. The van der Waals surface area contributed by atoms with Crippen molar-refractivity contribution in [2.45, 2.75) is 65.0 Å². The molecule has 1 amide bonds. The number of carbonyl (C=O) groups excluding carboxylic acids is 1. The van der Waals surface area contributed by atoms with Crippen molar-refractivity contribution in [2.24, 2.45) is 11.1 Å². The van der Waals surface area contributed by atoms with Gasteiger partial charge in [-0.2, -0.15) is 0 Å². The van der Waals surface area contributed by atoms with Crippen molar-refractivity contribution in [3.63, 3.8) is 0 Å². The maximum absolute atomic E-state index is 12.6. The Kier molecular flexibility index (Phi) is 6.02. The van der Waals surface area contributed by atoms with Crippen LogP contribution in [0.4, 0.5) is 5.69 Å². The van der Waals surface area contributed by atoms with Gasteiger partial charge in [0, 0.05) is 23.9 Å². The van der Waals surface area contributed by atoms with Crippen molar-refractivity contribution in [3.05, 3.63) is 18.2 Å². The molecule has 7 heteroatoms. The van der Waals surface area contributed by atoms with E-state index in [1.54, 1.807) is 12.4 Å². The maximum atomic E-state index is 12.6. The largest absolute Gasteiger partial charge is 0.378 e. The highest BCUT2D eigenvalue weighted by atomic mass is 35.5. The quantitative estimate of drug-likeness (QED) is 0.865. The molecule has 0 aromatic carbocycles. The van der Waals surface area contributed by atoms with Gasteiger partial charge >= 0.3 is 0 Å². The monoisotopic (exact) mass is 356 g/mol. The lowest BCUT2D eigenvalue weighted by Gasteiger charge is -2.57. The summed E-state index contributed by atoms with van der Waals surface area (Å²) in [6.07, 6.45) is 3.77. The minimum Gasteiger partial charge on any atom is -0.378 e. The summed E-state index contributed by atoms with van der Waals surface area (Å²) in [5, 5.41) is 2.84. The molecule has 0 saturated heterocycles. The zero-order chi connectivity index (χ0) is 17.5. The van der Waals surface area contributed by atoms with Gasteiger partial charge in [-0.15, -0.1) is 12.4 Å². The third-order valence-corrected chi connectivity index (χ3v) is 4.82. The van der Waals surface area contributed by atoms with Gasteiger partial charge in [0.15, 0.2) is 0 Å². The molecule has 0 aliphatic heterocycles. The number of nitrogens with two attached hydrogens (primary N) is 1. The van der Waals surface area contributed by atoms with Crippen LogP contribution in [0, 0.1) is 5.41 Å². The zero-order valence-electron chi connectivity index (χ0n) is 15.3. The number of aromatic nitrogens is 2. The van der Waals surface area contributed by atoms with Crippen LogP contribution in [0.2, 0.25) is 0 Å². The minimum atomic E-state index is -0.949. The fourth-order valence-electron chi connectivity index (χ4n) is 2.84. The fourth-order valence-corrected chi connectivity index (χ4v) is 2.84. The van der Waals surface area contributed by atoms with Gasteiger partial charge in [-0.1, -0.05) is 34.6 Å². The average Bonchev–Trinajstić information content (AvgIpc) is 2.46. The highest BCUT2D eigenvalue weighted by Gasteiger charge is 2.62. The number of rotatable bonds is 4. The molecule has 3 N–H and O–H groups in total. The Morgan fingerprint density at radius 2 is 1.92 bits per heavy atom. The second kappa shape index (κ2) is 6.94. The van der Waals surface area contributed by atoms with E-state index >= 15 is 0 Å². The molecular weight excluding hydrogens is 328 g/mol. The highest BCUT2D eigenvalue weighted by molar-refractivity contribution is 5.99. The molecule has 2 rings (SSSR count).